The summed E-state index contributed by atoms with van der Waals surface area (Å²) in [6, 6.07) is 10.0. The standard InChI is InChI=1S/C15H13F2NO/c16-12-3-6-15(17)11(8-12)9-14(19)7-10-1-4-13(18)5-2-10/h1-6,8H,7,9,18H2. The van der Waals surface area contributed by atoms with Crippen LogP contribution < -0.4 is 5.73 Å². The van der Waals surface area contributed by atoms with Gasteiger partial charge in [0.1, 0.15) is 17.4 Å². The van der Waals surface area contributed by atoms with Crippen molar-refractivity contribution in [2.24, 2.45) is 0 Å². The highest BCUT2D eigenvalue weighted by molar-refractivity contribution is 5.83. The second-order valence-corrected chi connectivity index (χ2v) is 4.37. The summed E-state index contributed by atoms with van der Waals surface area (Å²) in [6.45, 7) is 0. The van der Waals surface area contributed by atoms with Crippen LogP contribution in [0.1, 0.15) is 11.1 Å². The topological polar surface area (TPSA) is 43.1 Å². The molecule has 0 unspecified atom stereocenters. The molecule has 0 aliphatic heterocycles. The monoisotopic (exact) mass is 261 g/mol. The minimum atomic E-state index is -0.563. The van der Waals surface area contributed by atoms with E-state index in [1.54, 1.807) is 24.3 Å². The normalized spacial score (nSPS) is 10.4. The summed E-state index contributed by atoms with van der Waals surface area (Å²) in [6.07, 6.45) is 0.0597. The molecule has 0 saturated carbocycles. The Hall–Kier alpha value is -2.23. The lowest BCUT2D eigenvalue weighted by Gasteiger charge is -2.04. The highest BCUT2D eigenvalue weighted by atomic mass is 19.1. The van der Waals surface area contributed by atoms with Crippen molar-refractivity contribution in [2.45, 2.75) is 12.8 Å². The number of anilines is 1. The number of hydrogen-bond donors (Lipinski definition) is 1. The summed E-state index contributed by atoms with van der Waals surface area (Å²) in [5.74, 6) is -1.28. The van der Waals surface area contributed by atoms with Gasteiger partial charge in [-0.2, -0.15) is 0 Å². The highest BCUT2D eigenvalue weighted by Crippen LogP contribution is 2.13. The van der Waals surface area contributed by atoms with Crippen LogP contribution in [-0.2, 0) is 17.6 Å². The van der Waals surface area contributed by atoms with Gasteiger partial charge in [0.05, 0.1) is 0 Å². The molecule has 2 rings (SSSR count). The molecule has 0 spiro atoms. The summed E-state index contributed by atoms with van der Waals surface area (Å²) in [5.41, 5.74) is 7.04. The van der Waals surface area contributed by atoms with Crippen LogP contribution in [-0.4, -0.2) is 5.78 Å². The zero-order valence-electron chi connectivity index (χ0n) is 10.2. The van der Waals surface area contributed by atoms with Crippen molar-refractivity contribution in [1.29, 1.82) is 0 Å². The highest BCUT2D eigenvalue weighted by Gasteiger charge is 2.10. The van der Waals surface area contributed by atoms with Crippen LogP contribution in [0.2, 0.25) is 0 Å². The Morgan fingerprint density at radius 3 is 2.37 bits per heavy atom. The molecular weight excluding hydrogens is 248 g/mol. The fraction of sp³-hybridized carbons (Fsp3) is 0.133. The van der Waals surface area contributed by atoms with Crippen LogP contribution in [0.3, 0.4) is 0 Å². The van der Waals surface area contributed by atoms with E-state index in [9.17, 15) is 13.6 Å². The number of carbonyl (C=O) groups excluding carboxylic acids is 1. The lowest BCUT2D eigenvalue weighted by atomic mass is 10.0. The zero-order valence-corrected chi connectivity index (χ0v) is 10.2. The van der Waals surface area contributed by atoms with Gasteiger partial charge in [-0.1, -0.05) is 12.1 Å². The third-order valence-electron chi connectivity index (χ3n) is 2.78. The van der Waals surface area contributed by atoms with Crippen LogP contribution >= 0.6 is 0 Å². The Morgan fingerprint density at radius 1 is 1.00 bits per heavy atom. The van der Waals surface area contributed by atoms with Crippen molar-refractivity contribution in [3.05, 3.63) is 65.2 Å². The summed E-state index contributed by atoms with van der Waals surface area (Å²) in [7, 11) is 0. The van der Waals surface area contributed by atoms with Gasteiger partial charge in [-0.15, -0.1) is 0 Å². The first-order valence-corrected chi connectivity index (χ1v) is 5.84. The van der Waals surface area contributed by atoms with Crippen molar-refractivity contribution in [1.82, 2.24) is 0 Å². The van der Waals surface area contributed by atoms with E-state index in [1.807, 2.05) is 0 Å². The Morgan fingerprint density at radius 2 is 1.68 bits per heavy atom. The molecule has 2 aromatic rings. The first kappa shape index (κ1) is 13.2. The molecule has 98 valence electrons. The Bertz CT molecular complexity index is 594. The van der Waals surface area contributed by atoms with Gasteiger partial charge in [-0.05, 0) is 41.5 Å². The van der Waals surface area contributed by atoms with Crippen LogP contribution in [0.15, 0.2) is 42.5 Å². The molecule has 0 aromatic heterocycles. The number of hydrogen-bond acceptors (Lipinski definition) is 2. The molecule has 0 fully saturated rings. The Labute approximate surface area is 109 Å². The second-order valence-electron chi connectivity index (χ2n) is 4.37. The van der Waals surface area contributed by atoms with Gasteiger partial charge in [0.15, 0.2) is 0 Å². The molecule has 0 aliphatic rings. The minimum absolute atomic E-state index is 0.0837. The number of nitrogens with two attached hydrogens (primary N) is 1. The smallest absolute Gasteiger partial charge is 0.141 e. The van der Waals surface area contributed by atoms with E-state index in [0.29, 0.717) is 5.69 Å². The predicted octanol–water partition coefficient (Wildman–Crippen LogP) is 2.90. The van der Waals surface area contributed by atoms with E-state index in [2.05, 4.69) is 0 Å². The lowest BCUT2D eigenvalue weighted by Crippen LogP contribution is -2.08. The third-order valence-corrected chi connectivity index (χ3v) is 2.78. The van der Waals surface area contributed by atoms with Crippen molar-refractivity contribution in [3.63, 3.8) is 0 Å². The molecule has 2 N–H and O–H groups in total. The fourth-order valence-corrected chi connectivity index (χ4v) is 1.82. The minimum Gasteiger partial charge on any atom is -0.399 e. The van der Waals surface area contributed by atoms with E-state index in [0.717, 1.165) is 23.8 Å². The first-order valence-electron chi connectivity index (χ1n) is 5.84. The molecule has 0 saturated heterocycles. The lowest BCUT2D eigenvalue weighted by molar-refractivity contribution is -0.117. The molecule has 2 aromatic carbocycles. The van der Waals surface area contributed by atoms with E-state index in [-0.39, 0.29) is 24.2 Å². The van der Waals surface area contributed by atoms with Crippen LogP contribution in [0, 0.1) is 11.6 Å². The number of ketones is 1. The van der Waals surface area contributed by atoms with Gasteiger partial charge in [0, 0.05) is 18.5 Å². The molecule has 0 radical (unpaired) electrons. The Balaban J connectivity index is 2.05. The van der Waals surface area contributed by atoms with Gasteiger partial charge in [-0.25, -0.2) is 8.78 Å². The average molecular weight is 261 g/mol. The number of benzene rings is 2. The predicted molar refractivity (Wildman–Crippen MR) is 69.6 cm³/mol. The molecule has 0 bridgehead atoms. The molecule has 0 aliphatic carbocycles. The summed E-state index contributed by atoms with van der Waals surface area (Å²) in [4.78, 5) is 11.8. The van der Waals surface area contributed by atoms with Gasteiger partial charge < -0.3 is 5.73 Å². The van der Waals surface area contributed by atoms with E-state index >= 15 is 0 Å². The molecule has 4 heteroatoms. The van der Waals surface area contributed by atoms with Gasteiger partial charge >= 0.3 is 0 Å². The number of nitrogen functional groups attached to an aromatic ring is 1. The average Bonchev–Trinajstić information content (AvgIpc) is 2.37. The molecular formula is C15H13F2NO. The number of halogens is 2. The molecule has 2 nitrogen and oxygen atoms in total. The molecule has 0 amide bonds. The quantitative estimate of drug-likeness (QED) is 0.860. The maximum Gasteiger partial charge on any atom is 0.141 e. The second kappa shape index (κ2) is 5.61. The first-order chi connectivity index (χ1) is 9.04. The summed E-state index contributed by atoms with van der Waals surface area (Å²) < 4.78 is 26.4. The van der Waals surface area contributed by atoms with Crippen LogP contribution in [0.25, 0.3) is 0 Å². The van der Waals surface area contributed by atoms with E-state index in [4.69, 9.17) is 5.73 Å². The van der Waals surface area contributed by atoms with E-state index in [1.165, 1.54) is 0 Å². The Kier molecular flexibility index (Phi) is 3.90. The SMILES string of the molecule is Nc1ccc(CC(=O)Cc2cc(F)ccc2F)cc1. The summed E-state index contributed by atoms with van der Waals surface area (Å²) in [5, 5.41) is 0. The van der Waals surface area contributed by atoms with Gasteiger partial charge in [0.25, 0.3) is 0 Å². The van der Waals surface area contributed by atoms with Crippen molar-refractivity contribution in [2.75, 3.05) is 5.73 Å². The number of carbonyl (C=O) groups is 1. The van der Waals surface area contributed by atoms with Crippen molar-refractivity contribution in [3.8, 4) is 0 Å². The number of Topliss-reactive ketones (excluding diaryl/α,β-unsaturated/α-hetero) is 1. The van der Waals surface area contributed by atoms with Crippen molar-refractivity contribution < 1.29 is 13.6 Å². The molecule has 19 heavy (non-hydrogen) atoms. The molecule has 0 atom stereocenters. The van der Waals surface area contributed by atoms with Gasteiger partial charge in [0.2, 0.25) is 0 Å². The maximum absolute atomic E-state index is 13.4. The van der Waals surface area contributed by atoms with E-state index < -0.39 is 11.6 Å². The summed E-state index contributed by atoms with van der Waals surface area (Å²) >= 11 is 0. The van der Waals surface area contributed by atoms with Crippen LogP contribution in [0.4, 0.5) is 14.5 Å². The fourth-order valence-electron chi connectivity index (χ4n) is 1.82. The van der Waals surface area contributed by atoms with Crippen molar-refractivity contribution >= 4 is 11.5 Å². The maximum atomic E-state index is 13.4. The largest absolute Gasteiger partial charge is 0.399 e. The van der Waals surface area contributed by atoms with Crippen LogP contribution in [0.5, 0.6) is 0 Å². The third kappa shape index (κ3) is 3.61. The zero-order chi connectivity index (χ0) is 13.8. The molecule has 0 heterocycles. The number of rotatable bonds is 4. The van der Waals surface area contributed by atoms with Gasteiger partial charge in [-0.3, -0.25) is 4.79 Å².